The number of nitrogens with one attached hydrogen (secondary N) is 2. The van der Waals surface area contributed by atoms with Crippen LogP contribution in [0.25, 0.3) is 0 Å². The van der Waals surface area contributed by atoms with Crippen molar-refractivity contribution in [3.05, 3.63) is 36.0 Å². The van der Waals surface area contributed by atoms with E-state index in [1.165, 1.54) is 12.8 Å². The molecule has 0 aromatic carbocycles. The third kappa shape index (κ3) is 5.65. The number of aliphatic imine (C=N–C) groups is 1. The molecule has 5 nitrogen and oxygen atoms in total. The predicted molar refractivity (Wildman–Crippen MR) is 108 cm³/mol. The molecule has 0 spiro atoms. The van der Waals surface area contributed by atoms with E-state index in [1.54, 1.807) is 7.05 Å². The number of pyridine rings is 1. The van der Waals surface area contributed by atoms with Crippen molar-refractivity contribution in [3.8, 4) is 5.88 Å². The van der Waals surface area contributed by atoms with Crippen LogP contribution < -0.4 is 15.4 Å². The Morgan fingerprint density at radius 2 is 2.04 bits per heavy atom. The van der Waals surface area contributed by atoms with Crippen LogP contribution in [0.15, 0.2) is 35.5 Å². The van der Waals surface area contributed by atoms with Crippen LogP contribution in [0.3, 0.4) is 0 Å². The van der Waals surface area contributed by atoms with Gasteiger partial charge in [-0.05, 0) is 50.2 Å². The maximum atomic E-state index is 5.96. The van der Waals surface area contributed by atoms with E-state index < -0.39 is 0 Å². The van der Waals surface area contributed by atoms with Crippen LogP contribution in [0, 0.1) is 0 Å². The minimum atomic E-state index is 0. The third-order valence-corrected chi connectivity index (χ3v) is 4.42. The fourth-order valence-corrected chi connectivity index (χ4v) is 3.11. The molecular formula is C18H27IN4O. The van der Waals surface area contributed by atoms with Gasteiger partial charge in [0.05, 0.1) is 0 Å². The van der Waals surface area contributed by atoms with Gasteiger partial charge < -0.3 is 15.4 Å². The van der Waals surface area contributed by atoms with Crippen LogP contribution >= 0.6 is 24.0 Å². The number of ether oxygens (including phenoxy) is 1. The van der Waals surface area contributed by atoms with Crippen molar-refractivity contribution >= 4 is 29.9 Å². The van der Waals surface area contributed by atoms with E-state index in [-0.39, 0.29) is 24.0 Å². The first kappa shape index (κ1) is 19.0. The van der Waals surface area contributed by atoms with Gasteiger partial charge >= 0.3 is 0 Å². The Kier molecular flexibility index (Phi) is 7.81. The number of hydrogen-bond acceptors (Lipinski definition) is 3. The first-order valence-corrected chi connectivity index (χ1v) is 8.57. The Hall–Kier alpha value is -1.31. The van der Waals surface area contributed by atoms with Crippen LogP contribution in [0.5, 0.6) is 5.88 Å². The molecule has 1 saturated carbocycles. The Bertz CT molecular complexity index is 562. The SMILES string of the molecule is CN=C(NCc1ccnc(OC2CCCC2)c1)NC1CC=CC1.I. The molecule has 0 unspecified atom stereocenters. The molecule has 3 rings (SSSR count). The molecule has 24 heavy (non-hydrogen) atoms. The quantitative estimate of drug-likeness (QED) is 0.318. The lowest BCUT2D eigenvalue weighted by atomic mass is 10.2. The van der Waals surface area contributed by atoms with Crippen molar-refractivity contribution in [1.29, 1.82) is 0 Å². The molecule has 0 radical (unpaired) electrons. The zero-order valence-corrected chi connectivity index (χ0v) is 16.5. The van der Waals surface area contributed by atoms with Crippen molar-refractivity contribution in [2.75, 3.05) is 7.05 Å². The van der Waals surface area contributed by atoms with Gasteiger partial charge in [0.25, 0.3) is 0 Å². The van der Waals surface area contributed by atoms with Gasteiger partial charge in [-0.1, -0.05) is 12.2 Å². The Morgan fingerprint density at radius 3 is 2.75 bits per heavy atom. The fraction of sp³-hybridized carbons (Fsp3) is 0.556. The topological polar surface area (TPSA) is 58.5 Å². The van der Waals surface area contributed by atoms with Crippen molar-refractivity contribution in [1.82, 2.24) is 15.6 Å². The van der Waals surface area contributed by atoms with Gasteiger partial charge in [-0.2, -0.15) is 0 Å². The summed E-state index contributed by atoms with van der Waals surface area (Å²) < 4.78 is 5.96. The van der Waals surface area contributed by atoms with E-state index in [9.17, 15) is 0 Å². The van der Waals surface area contributed by atoms with Crippen LogP contribution in [0.2, 0.25) is 0 Å². The Morgan fingerprint density at radius 1 is 1.29 bits per heavy atom. The smallest absolute Gasteiger partial charge is 0.213 e. The van der Waals surface area contributed by atoms with Crippen LogP contribution in [-0.2, 0) is 6.54 Å². The van der Waals surface area contributed by atoms with Gasteiger partial charge in [-0.25, -0.2) is 4.98 Å². The van der Waals surface area contributed by atoms with Gasteiger partial charge in [-0.15, -0.1) is 24.0 Å². The zero-order chi connectivity index (χ0) is 15.9. The average Bonchev–Trinajstić information content (AvgIpc) is 3.25. The number of nitrogens with zero attached hydrogens (tertiary/aromatic N) is 2. The highest BCUT2D eigenvalue weighted by molar-refractivity contribution is 14.0. The first-order valence-electron chi connectivity index (χ1n) is 8.57. The van der Waals surface area contributed by atoms with E-state index in [2.05, 4.69) is 32.8 Å². The monoisotopic (exact) mass is 442 g/mol. The van der Waals surface area contributed by atoms with Crippen molar-refractivity contribution in [2.45, 2.75) is 57.2 Å². The zero-order valence-electron chi connectivity index (χ0n) is 14.2. The highest BCUT2D eigenvalue weighted by atomic mass is 127. The molecule has 0 atom stereocenters. The molecule has 2 aliphatic rings. The summed E-state index contributed by atoms with van der Waals surface area (Å²) >= 11 is 0. The van der Waals surface area contributed by atoms with Gasteiger partial charge in [0.2, 0.25) is 5.88 Å². The molecule has 0 bridgehead atoms. The summed E-state index contributed by atoms with van der Waals surface area (Å²) in [5.74, 6) is 1.58. The molecule has 1 aromatic heterocycles. The molecule has 1 heterocycles. The number of rotatable bonds is 5. The molecule has 2 aliphatic carbocycles. The summed E-state index contributed by atoms with van der Waals surface area (Å²) in [7, 11) is 1.80. The Labute approximate surface area is 161 Å². The normalized spacial score (nSPS) is 18.5. The lowest BCUT2D eigenvalue weighted by molar-refractivity contribution is 0.201. The van der Waals surface area contributed by atoms with E-state index in [0.29, 0.717) is 18.7 Å². The molecule has 0 saturated heterocycles. The second kappa shape index (κ2) is 9.86. The predicted octanol–water partition coefficient (Wildman–Crippen LogP) is 3.40. The highest BCUT2D eigenvalue weighted by Crippen LogP contribution is 2.23. The molecule has 0 aliphatic heterocycles. The summed E-state index contributed by atoms with van der Waals surface area (Å²) in [6.07, 6.45) is 13.5. The van der Waals surface area contributed by atoms with Gasteiger partial charge in [0.1, 0.15) is 6.10 Å². The molecule has 1 aromatic rings. The van der Waals surface area contributed by atoms with Crippen molar-refractivity contribution < 1.29 is 4.74 Å². The minimum absolute atomic E-state index is 0. The molecule has 1 fully saturated rings. The summed E-state index contributed by atoms with van der Waals surface area (Å²) in [6.45, 7) is 0.712. The number of aromatic nitrogens is 1. The van der Waals surface area contributed by atoms with Crippen molar-refractivity contribution in [2.24, 2.45) is 4.99 Å². The third-order valence-electron chi connectivity index (χ3n) is 4.42. The highest BCUT2D eigenvalue weighted by Gasteiger charge is 2.17. The van der Waals surface area contributed by atoms with Gasteiger partial charge in [0.15, 0.2) is 5.96 Å². The molecular weight excluding hydrogens is 415 g/mol. The number of guanidine groups is 1. The maximum Gasteiger partial charge on any atom is 0.213 e. The summed E-state index contributed by atoms with van der Waals surface area (Å²) in [5.41, 5.74) is 1.15. The second-order valence-electron chi connectivity index (χ2n) is 6.24. The lowest BCUT2D eigenvalue weighted by Gasteiger charge is -2.17. The van der Waals surface area contributed by atoms with E-state index in [4.69, 9.17) is 4.74 Å². The van der Waals surface area contributed by atoms with E-state index >= 15 is 0 Å². The standard InChI is InChI=1S/C18H26N4O.HI/c1-19-18(22-15-6-2-3-7-15)21-13-14-10-11-20-17(12-14)23-16-8-4-5-9-16;/h2-3,10-12,15-16H,4-9,13H2,1H3,(H2,19,21,22);1H. The van der Waals surface area contributed by atoms with Crippen LogP contribution in [0.4, 0.5) is 0 Å². The largest absolute Gasteiger partial charge is 0.474 e. The first-order chi connectivity index (χ1) is 11.3. The summed E-state index contributed by atoms with van der Waals surface area (Å²) in [4.78, 5) is 8.62. The average molecular weight is 442 g/mol. The minimum Gasteiger partial charge on any atom is -0.474 e. The van der Waals surface area contributed by atoms with Gasteiger partial charge in [-0.3, -0.25) is 4.99 Å². The lowest BCUT2D eigenvalue weighted by Crippen LogP contribution is -2.42. The molecule has 2 N–H and O–H groups in total. The van der Waals surface area contributed by atoms with Crippen LogP contribution in [0.1, 0.15) is 44.1 Å². The van der Waals surface area contributed by atoms with Crippen molar-refractivity contribution in [3.63, 3.8) is 0 Å². The second-order valence-corrected chi connectivity index (χ2v) is 6.24. The number of halogens is 1. The maximum absolute atomic E-state index is 5.96. The summed E-state index contributed by atoms with van der Waals surface area (Å²) in [6, 6.07) is 4.49. The fourth-order valence-electron chi connectivity index (χ4n) is 3.11. The number of hydrogen-bond donors (Lipinski definition) is 2. The molecule has 132 valence electrons. The van der Waals surface area contributed by atoms with E-state index in [1.807, 2.05) is 18.3 Å². The Balaban J connectivity index is 0.00000208. The molecule has 6 heteroatoms. The summed E-state index contributed by atoms with van der Waals surface area (Å²) in [5, 5.41) is 6.80. The van der Waals surface area contributed by atoms with Crippen LogP contribution in [-0.4, -0.2) is 30.1 Å². The van der Waals surface area contributed by atoms with E-state index in [0.717, 1.165) is 43.1 Å². The molecule has 0 amide bonds. The van der Waals surface area contributed by atoms with Gasteiger partial charge in [0, 0.05) is 31.9 Å².